The fourth-order valence-corrected chi connectivity index (χ4v) is 3.43. The van der Waals surface area contributed by atoms with E-state index in [9.17, 15) is 0 Å². The van der Waals surface area contributed by atoms with Crippen LogP contribution in [0.5, 0.6) is 0 Å². The average molecular weight is 315 g/mol. The van der Waals surface area contributed by atoms with Gasteiger partial charge in [0.05, 0.1) is 10.0 Å². The molecule has 112 valence electrons. The van der Waals surface area contributed by atoms with Gasteiger partial charge in [-0.2, -0.15) is 0 Å². The summed E-state index contributed by atoms with van der Waals surface area (Å²) in [5.74, 6) is 0. The van der Waals surface area contributed by atoms with Gasteiger partial charge in [0.1, 0.15) is 0 Å². The molecular formula is C16H24Cl2N2. The first-order valence-electron chi connectivity index (χ1n) is 7.54. The number of benzene rings is 1. The summed E-state index contributed by atoms with van der Waals surface area (Å²) >= 11 is 12.5. The highest BCUT2D eigenvalue weighted by molar-refractivity contribution is 6.42. The predicted octanol–water partition coefficient (Wildman–Crippen LogP) is 4.52. The second-order valence-electron chi connectivity index (χ2n) is 5.55. The van der Waals surface area contributed by atoms with Crippen molar-refractivity contribution in [2.24, 2.45) is 0 Å². The van der Waals surface area contributed by atoms with Gasteiger partial charge in [-0.15, -0.1) is 0 Å². The minimum atomic E-state index is 0.287. The minimum Gasteiger partial charge on any atom is -0.313 e. The van der Waals surface area contributed by atoms with Gasteiger partial charge in [-0.25, -0.2) is 0 Å². The summed E-state index contributed by atoms with van der Waals surface area (Å²) in [5.41, 5.74) is 1.12. The Labute approximate surface area is 132 Å². The highest BCUT2D eigenvalue weighted by atomic mass is 35.5. The largest absolute Gasteiger partial charge is 0.313 e. The van der Waals surface area contributed by atoms with E-state index in [0.717, 1.165) is 25.2 Å². The summed E-state index contributed by atoms with van der Waals surface area (Å²) in [4.78, 5) is 2.47. The lowest BCUT2D eigenvalue weighted by Crippen LogP contribution is -2.44. The van der Waals surface area contributed by atoms with E-state index in [0.29, 0.717) is 16.1 Å². The maximum atomic E-state index is 6.36. The SMILES string of the molecule is CCN(CC1CCCCN1)C(C)c1cccc(Cl)c1Cl. The van der Waals surface area contributed by atoms with Crippen LogP contribution >= 0.6 is 23.2 Å². The molecule has 20 heavy (non-hydrogen) atoms. The predicted molar refractivity (Wildman–Crippen MR) is 87.8 cm³/mol. The lowest BCUT2D eigenvalue weighted by atomic mass is 10.0. The van der Waals surface area contributed by atoms with Crippen LogP contribution < -0.4 is 5.32 Å². The van der Waals surface area contributed by atoms with Gasteiger partial charge in [0.2, 0.25) is 0 Å². The van der Waals surface area contributed by atoms with E-state index in [1.165, 1.54) is 19.3 Å². The smallest absolute Gasteiger partial charge is 0.0640 e. The van der Waals surface area contributed by atoms with Crippen LogP contribution in [-0.2, 0) is 0 Å². The van der Waals surface area contributed by atoms with Crippen molar-refractivity contribution in [3.63, 3.8) is 0 Å². The summed E-state index contributed by atoms with van der Waals surface area (Å²) in [6.07, 6.45) is 3.91. The summed E-state index contributed by atoms with van der Waals surface area (Å²) in [6.45, 7) is 7.65. The number of piperidine rings is 1. The van der Waals surface area contributed by atoms with Crippen LogP contribution in [0.3, 0.4) is 0 Å². The van der Waals surface area contributed by atoms with Crippen LogP contribution in [0.25, 0.3) is 0 Å². The van der Waals surface area contributed by atoms with E-state index < -0.39 is 0 Å². The Kier molecular flexibility index (Phi) is 6.16. The van der Waals surface area contributed by atoms with Crippen LogP contribution in [0, 0.1) is 0 Å². The first-order chi connectivity index (χ1) is 9.63. The van der Waals surface area contributed by atoms with E-state index in [1.807, 2.05) is 12.1 Å². The number of halogens is 2. The molecule has 2 rings (SSSR count). The quantitative estimate of drug-likeness (QED) is 0.859. The number of hydrogen-bond donors (Lipinski definition) is 1. The van der Waals surface area contributed by atoms with Gasteiger partial charge < -0.3 is 5.32 Å². The molecule has 2 atom stereocenters. The highest BCUT2D eigenvalue weighted by Crippen LogP contribution is 2.32. The molecule has 0 amide bonds. The molecule has 4 heteroatoms. The van der Waals surface area contributed by atoms with E-state index in [4.69, 9.17) is 23.2 Å². The maximum Gasteiger partial charge on any atom is 0.0640 e. The minimum absolute atomic E-state index is 0.287. The van der Waals surface area contributed by atoms with E-state index in [1.54, 1.807) is 0 Å². The molecule has 0 spiro atoms. The third-order valence-corrected chi connectivity index (χ3v) is 5.09. The number of nitrogens with zero attached hydrogens (tertiary/aromatic N) is 1. The Hall–Kier alpha value is -0.280. The summed E-state index contributed by atoms with van der Waals surface area (Å²) in [7, 11) is 0. The first kappa shape index (κ1) is 16.1. The van der Waals surface area contributed by atoms with Crippen LogP contribution in [0.2, 0.25) is 10.0 Å². The fourth-order valence-electron chi connectivity index (χ4n) is 2.96. The van der Waals surface area contributed by atoms with E-state index in [2.05, 4.69) is 30.1 Å². The zero-order chi connectivity index (χ0) is 14.5. The van der Waals surface area contributed by atoms with Crippen LogP contribution in [0.15, 0.2) is 18.2 Å². The second kappa shape index (κ2) is 7.65. The molecule has 1 fully saturated rings. The molecule has 1 aromatic carbocycles. The molecule has 0 bridgehead atoms. The number of hydrogen-bond acceptors (Lipinski definition) is 2. The second-order valence-corrected chi connectivity index (χ2v) is 6.34. The van der Waals surface area contributed by atoms with Crippen molar-refractivity contribution in [2.75, 3.05) is 19.6 Å². The Morgan fingerprint density at radius 1 is 1.35 bits per heavy atom. The summed E-state index contributed by atoms with van der Waals surface area (Å²) in [5, 5.41) is 4.95. The van der Waals surface area contributed by atoms with Gasteiger partial charge in [-0.05, 0) is 44.5 Å². The lowest BCUT2D eigenvalue weighted by Gasteiger charge is -2.34. The number of likely N-dealkylation sites (N-methyl/N-ethyl adjacent to an activating group) is 1. The number of rotatable bonds is 5. The molecule has 0 saturated carbocycles. The molecule has 2 unspecified atom stereocenters. The van der Waals surface area contributed by atoms with Gasteiger partial charge in [0, 0.05) is 18.6 Å². The van der Waals surface area contributed by atoms with Crippen LogP contribution in [0.4, 0.5) is 0 Å². The van der Waals surface area contributed by atoms with Crippen LogP contribution in [-0.4, -0.2) is 30.6 Å². The fraction of sp³-hybridized carbons (Fsp3) is 0.625. The van der Waals surface area contributed by atoms with Gasteiger partial charge in [0.15, 0.2) is 0 Å². The van der Waals surface area contributed by atoms with Crippen molar-refractivity contribution in [2.45, 2.75) is 45.2 Å². The lowest BCUT2D eigenvalue weighted by molar-refractivity contribution is 0.184. The average Bonchev–Trinajstić information content (AvgIpc) is 2.48. The standard InChI is InChI=1S/C16H24Cl2N2/c1-3-20(11-13-7-4-5-10-19-13)12(2)14-8-6-9-15(17)16(14)18/h6,8-9,12-13,19H,3-5,7,10-11H2,1-2H3. The summed E-state index contributed by atoms with van der Waals surface area (Å²) < 4.78 is 0. The molecule has 1 aromatic rings. The van der Waals surface area contributed by atoms with Crippen molar-refractivity contribution < 1.29 is 0 Å². The van der Waals surface area contributed by atoms with Crippen molar-refractivity contribution >= 4 is 23.2 Å². The highest BCUT2D eigenvalue weighted by Gasteiger charge is 2.22. The third kappa shape index (κ3) is 3.88. The van der Waals surface area contributed by atoms with Gasteiger partial charge in [-0.3, -0.25) is 4.90 Å². The normalized spacial score (nSPS) is 21.1. The number of nitrogens with one attached hydrogen (secondary N) is 1. The van der Waals surface area contributed by atoms with Crippen molar-refractivity contribution in [1.82, 2.24) is 10.2 Å². The van der Waals surface area contributed by atoms with Crippen molar-refractivity contribution in [1.29, 1.82) is 0 Å². The molecule has 1 N–H and O–H groups in total. The topological polar surface area (TPSA) is 15.3 Å². The Morgan fingerprint density at radius 3 is 2.80 bits per heavy atom. The molecule has 1 aliphatic rings. The van der Waals surface area contributed by atoms with Gasteiger partial charge in [0.25, 0.3) is 0 Å². The molecule has 1 heterocycles. The zero-order valence-electron chi connectivity index (χ0n) is 12.3. The van der Waals surface area contributed by atoms with Crippen molar-refractivity contribution in [3.05, 3.63) is 33.8 Å². The van der Waals surface area contributed by atoms with Gasteiger partial charge >= 0.3 is 0 Å². The Bertz CT molecular complexity index is 430. The monoisotopic (exact) mass is 314 g/mol. The van der Waals surface area contributed by atoms with Crippen molar-refractivity contribution in [3.8, 4) is 0 Å². The third-order valence-electron chi connectivity index (χ3n) is 4.25. The van der Waals surface area contributed by atoms with Crippen LogP contribution in [0.1, 0.15) is 44.7 Å². The Morgan fingerprint density at radius 2 is 2.15 bits per heavy atom. The first-order valence-corrected chi connectivity index (χ1v) is 8.30. The molecule has 0 aliphatic carbocycles. The Balaban J connectivity index is 2.07. The molecule has 2 nitrogen and oxygen atoms in total. The molecule has 0 radical (unpaired) electrons. The summed E-state index contributed by atoms with van der Waals surface area (Å²) in [6, 6.07) is 6.79. The zero-order valence-corrected chi connectivity index (χ0v) is 13.8. The molecule has 1 aliphatic heterocycles. The van der Waals surface area contributed by atoms with E-state index >= 15 is 0 Å². The van der Waals surface area contributed by atoms with E-state index in [-0.39, 0.29) is 6.04 Å². The molecular weight excluding hydrogens is 291 g/mol. The molecule has 0 aromatic heterocycles. The molecule has 1 saturated heterocycles. The van der Waals surface area contributed by atoms with Gasteiger partial charge in [-0.1, -0.05) is 48.7 Å². The maximum absolute atomic E-state index is 6.36.